The van der Waals surface area contributed by atoms with E-state index in [1.165, 1.54) is 12.3 Å². The summed E-state index contributed by atoms with van der Waals surface area (Å²) in [5.41, 5.74) is 7.19. The molecular weight excluding hydrogens is 332 g/mol. The Hall–Kier alpha value is -3.54. The lowest BCUT2D eigenvalue weighted by Gasteiger charge is -2.13. The Morgan fingerprint density at radius 2 is 1.77 bits per heavy atom. The number of carbonyl (C=O) groups is 2. The Morgan fingerprint density at radius 1 is 1.08 bits per heavy atom. The Morgan fingerprint density at radius 3 is 2.46 bits per heavy atom. The molecule has 3 N–H and O–H groups in total. The minimum Gasteiger partial charge on any atom is -0.458 e. The quantitative estimate of drug-likeness (QED) is 0.712. The first kappa shape index (κ1) is 17.3. The Bertz CT molecular complexity index is 946. The van der Waals surface area contributed by atoms with E-state index in [0.29, 0.717) is 5.75 Å². The van der Waals surface area contributed by atoms with Crippen LogP contribution in [0.4, 0.5) is 0 Å². The van der Waals surface area contributed by atoms with E-state index in [4.69, 9.17) is 14.9 Å². The number of furan rings is 1. The van der Waals surface area contributed by atoms with Crippen molar-refractivity contribution in [2.45, 2.75) is 13.5 Å². The zero-order chi connectivity index (χ0) is 18.5. The summed E-state index contributed by atoms with van der Waals surface area (Å²) in [5.74, 6) is 0.269. The number of primary amides is 1. The second-order valence-corrected chi connectivity index (χ2v) is 5.72. The van der Waals surface area contributed by atoms with Gasteiger partial charge in [-0.2, -0.15) is 0 Å². The normalized spacial score (nSPS) is 10.3. The molecule has 0 spiro atoms. The van der Waals surface area contributed by atoms with E-state index in [9.17, 15) is 9.59 Å². The molecule has 26 heavy (non-hydrogen) atoms. The van der Waals surface area contributed by atoms with Crippen LogP contribution in [-0.2, 0) is 6.54 Å². The number of nitrogens with one attached hydrogen (secondary N) is 1. The van der Waals surface area contributed by atoms with Gasteiger partial charge in [-0.05, 0) is 24.6 Å². The van der Waals surface area contributed by atoms with Crippen LogP contribution in [0.25, 0.3) is 0 Å². The maximum absolute atomic E-state index is 12.2. The van der Waals surface area contributed by atoms with E-state index in [1.54, 1.807) is 0 Å². The van der Waals surface area contributed by atoms with Crippen LogP contribution in [0.5, 0.6) is 11.5 Å². The third kappa shape index (κ3) is 3.92. The zero-order valence-corrected chi connectivity index (χ0v) is 14.2. The summed E-state index contributed by atoms with van der Waals surface area (Å²) in [4.78, 5) is 23.3. The van der Waals surface area contributed by atoms with Gasteiger partial charge in [0.2, 0.25) is 0 Å². The minimum atomic E-state index is -0.721. The number of hydrogen-bond acceptors (Lipinski definition) is 4. The molecule has 3 aromatic rings. The van der Waals surface area contributed by atoms with Gasteiger partial charge in [0.25, 0.3) is 11.8 Å². The predicted octanol–water partition coefficient (Wildman–Crippen LogP) is 3.41. The smallest absolute Gasteiger partial charge is 0.284 e. The van der Waals surface area contributed by atoms with Crippen molar-refractivity contribution < 1.29 is 18.7 Å². The topological polar surface area (TPSA) is 94.6 Å². The number of aryl methyl sites for hydroxylation is 1. The number of rotatable bonds is 6. The standard InChI is InChI=1S/C20H18N2O4/c1-13-6-2-4-8-16(13)26-17-9-5-3-7-14(17)11-22-20(24)15-10-18(19(21)23)25-12-15/h2-10,12H,11H2,1H3,(H2,21,23)(H,22,24). The fourth-order valence-electron chi connectivity index (χ4n) is 2.40. The van der Waals surface area contributed by atoms with E-state index >= 15 is 0 Å². The zero-order valence-electron chi connectivity index (χ0n) is 14.2. The summed E-state index contributed by atoms with van der Waals surface area (Å²) < 4.78 is 10.9. The first-order valence-electron chi connectivity index (χ1n) is 8.02. The molecule has 0 aliphatic rings. The lowest BCUT2D eigenvalue weighted by atomic mass is 10.2. The van der Waals surface area contributed by atoms with Gasteiger partial charge in [0.1, 0.15) is 17.8 Å². The van der Waals surface area contributed by atoms with Gasteiger partial charge in [0.15, 0.2) is 5.76 Å². The molecule has 0 unspecified atom stereocenters. The Labute approximate surface area is 150 Å². The van der Waals surface area contributed by atoms with Crippen molar-refractivity contribution in [2.24, 2.45) is 5.73 Å². The maximum Gasteiger partial charge on any atom is 0.284 e. The molecule has 0 saturated heterocycles. The SMILES string of the molecule is Cc1ccccc1Oc1ccccc1CNC(=O)c1coc(C(N)=O)c1. The highest BCUT2D eigenvalue weighted by atomic mass is 16.5. The van der Waals surface area contributed by atoms with Crippen LogP contribution in [0.3, 0.4) is 0 Å². The summed E-state index contributed by atoms with van der Waals surface area (Å²) in [7, 11) is 0. The second-order valence-electron chi connectivity index (χ2n) is 5.72. The third-order valence-corrected chi connectivity index (χ3v) is 3.83. The number of hydrogen-bond donors (Lipinski definition) is 2. The average Bonchev–Trinajstić information content (AvgIpc) is 3.13. The summed E-state index contributed by atoms with van der Waals surface area (Å²) in [5, 5.41) is 2.78. The highest BCUT2D eigenvalue weighted by Crippen LogP contribution is 2.27. The summed E-state index contributed by atoms with van der Waals surface area (Å²) in [6.45, 7) is 2.23. The molecule has 6 heteroatoms. The van der Waals surface area contributed by atoms with Crippen molar-refractivity contribution in [1.29, 1.82) is 0 Å². The second kappa shape index (κ2) is 7.57. The maximum atomic E-state index is 12.2. The van der Waals surface area contributed by atoms with Crippen LogP contribution in [0.1, 0.15) is 32.0 Å². The van der Waals surface area contributed by atoms with Gasteiger partial charge in [-0.1, -0.05) is 36.4 Å². The molecule has 2 amide bonds. The number of ether oxygens (including phenoxy) is 1. The number of carbonyl (C=O) groups excluding carboxylic acids is 2. The first-order chi connectivity index (χ1) is 12.5. The van der Waals surface area contributed by atoms with Crippen LogP contribution >= 0.6 is 0 Å². The number of amides is 2. The molecule has 132 valence electrons. The summed E-state index contributed by atoms with van der Waals surface area (Å²) >= 11 is 0. The van der Waals surface area contributed by atoms with Crippen LogP contribution < -0.4 is 15.8 Å². The number of nitrogens with two attached hydrogens (primary N) is 1. The summed E-state index contributed by atoms with van der Waals surface area (Å²) in [6.07, 6.45) is 1.20. The number of para-hydroxylation sites is 2. The molecule has 0 atom stereocenters. The molecule has 0 saturated carbocycles. The molecular formula is C20H18N2O4. The van der Waals surface area contributed by atoms with Crippen LogP contribution in [0, 0.1) is 6.92 Å². The summed E-state index contributed by atoms with van der Waals surface area (Å²) in [6, 6.07) is 16.5. The van der Waals surface area contributed by atoms with Crippen molar-refractivity contribution >= 4 is 11.8 Å². The molecule has 0 bridgehead atoms. The predicted molar refractivity (Wildman–Crippen MR) is 96.1 cm³/mol. The molecule has 3 rings (SSSR count). The molecule has 2 aromatic carbocycles. The lowest BCUT2D eigenvalue weighted by Crippen LogP contribution is -2.22. The highest BCUT2D eigenvalue weighted by molar-refractivity contribution is 5.97. The monoisotopic (exact) mass is 350 g/mol. The lowest BCUT2D eigenvalue weighted by molar-refractivity contribution is 0.0947. The van der Waals surface area contributed by atoms with Crippen molar-refractivity contribution in [3.05, 3.63) is 83.3 Å². The van der Waals surface area contributed by atoms with Crippen LogP contribution in [-0.4, -0.2) is 11.8 Å². The highest BCUT2D eigenvalue weighted by Gasteiger charge is 2.14. The van der Waals surface area contributed by atoms with Gasteiger partial charge >= 0.3 is 0 Å². The molecule has 0 fully saturated rings. The van der Waals surface area contributed by atoms with E-state index in [1.807, 2.05) is 55.5 Å². The van der Waals surface area contributed by atoms with Crippen LogP contribution in [0.15, 0.2) is 65.3 Å². The van der Waals surface area contributed by atoms with Gasteiger partial charge < -0.3 is 20.2 Å². The molecule has 6 nitrogen and oxygen atoms in total. The van der Waals surface area contributed by atoms with Gasteiger partial charge in [0, 0.05) is 18.2 Å². The number of benzene rings is 2. The fourth-order valence-corrected chi connectivity index (χ4v) is 2.40. The first-order valence-corrected chi connectivity index (χ1v) is 8.02. The average molecular weight is 350 g/mol. The van der Waals surface area contributed by atoms with Crippen molar-refractivity contribution in [1.82, 2.24) is 5.32 Å². The molecule has 0 aliphatic carbocycles. The van der Waals surface area contributed by atoms with E-state index in [2.05, 4.69) is 5.32 Å². The molecule has 0 aliphatic heterocycles. The molecule has 1 heterocycles. The Kier molecular flexibility index (Phi) is 5.03. The van der Waals surface area contributed by atoms with Crippen LogP contribution in [0.2, 0.25) is 0 Å². The van der Waals surface area contributed by atoms with Gasteiger partial charge in [-0.25, -0.2) is 0 Å². The molecule has 0 radical (unpaired) electrons. The largest absolute Gasteiger partial charge is 0.458 e. The van der Waals surface area contributed by atoms with Gasteiger partial charge in [-0.15, -0.1) is 0 Å². The van der Waals surface area contributed by atoms with E-state index in [0.717, 1.165) is 16.9 Å². The minimum absolute atomic E-state index is 0.0570. The van der Waals surface area contributed by atoms with E-state index in [-0.39, 0.29) is 23.8 Å². The van der Waals surface area contributed by atoms with Gasteiger partial charge in [0.05, 0.1) is 5.56 Å². The third-order valence-electron chi connectivity index (χ3n) is 3.83. The van der Waals surface area contributed by atoms with Crippen molar-refractivity contribution in [2.75, 3.05) is 0 Å². The van der Waals surface area contributed by atoms with Gasteiger partial charge in [-0.3, -0.25) is 9.59 Å². The van der Waals surface area contributed by atoms with Crippen molar-refractivity contribution in [3.8, 4) is 11.5 Å². The molecule has 1 aromatic heterocycles. The Balaban J connectivity index is 1.71. The van der Waals surface area contributed by atoms with E-state index < -0.39 is 5.91 Å². The van der Waals surface area contributed by atoms with Crippen molar-refractivity contribution in [3.63, 3.8) is 0 Å². The fraction of sp³-hybridized carbons (Fsp3) is 0.100.